The lowest BCUT2D eigenvalue weighted by molar-refractivity contribution is -0.291. The number of anilines is 2. The molecule has 29 heavy (non-hydrogen) atoms. The first-order valence-electron chi connectivity index (χ1n) is 9.37. The lowest BCUT2D eigenvalue weighted by atomic mass is 10.1. The smallest absolute Gasteiger partial charge is 0.341 e. The number of nitrogens with two attached hydrogens (primary N) is 1. The molecule has 1 saturated carbocycles. The summed E-state index contributed by atoms with van der Waals surface area (Å²) in [5.74, 6) is -2.14. The van der Waals surface area contributed by atoms with Crippen molar-refractivity contribution in [2.24, 2.45) is 0 Å². The molecule has 0 radical (unpaired) electrons. The predicted octanol–water partition coefficient (Wildman–Crippen LogP) is 2.53. The van der Waals surface area contributed by atoms with E-state index < -0.39 is 28.5 Å². The number of methoxy groups -OCH3 is 1. The van der Waals surface area contributed by atoms with Gasteiger partial charge >= 0.3 is 5.97 Å². The zero-order valence-electron chi connectivity index (χ0n) is 16.3. The van der Waals surface area contributed by atoms with Gasteiger partial charge < -0.3 is 25.5 Å². The number of halogens is 1. The Morgan fingerprint density at radius 3 is 2.72 bits per heavy atom. The summed E-state index contributed by atoms with van der Waals surface area (Å²) in [7, 11) is 1.36. The fourth-order valence-electron chi connectivity index (χ4n) is 3.21. The molecule has 10 heteroatoms. The molecule has 4 N–H and O–H groups in total. The van der Waals surface area contributed by atoms with Gasteiger partial charge in [-0.15, -0.1) is 0 Å². The number of nitrogen functional groups attached to an aromatic ring is 1. The number of ether oxygens (including phenoxy) is 1. The minimum absolute atomic E-state index is 0.00223. The van der Waals surface area contributed by atoms with Gasteiger partial charge in [0.25, 0.3) is 0 Å². The van der Waals surface area contributed by atoms with Gasteiger partial charge in [-0.05, 0) is 26.2 Å². The van der Waals surface area contributed by atoms with Crippen LogP contribution in [0.3, 0.4) is 0 Å². The Balaban J connectivity index is 2.11. The molecule has 1 aromatic heterocycles. The van der Waals surface area contributed by atoms with Crippen LogP contribution in [0.4, 0.5) is 15.8 Å². The fraction of sp³-hybridized carbons (Fsp3) is 0.474. The molecule has 158 valence electrons. The Morgan fingerprint density at radius 1 is 1.41 bits per heavy atom. The van der Waals surface area contributed by atoms with Gasteiger partial charge in [-0.2, -0.15) is 0 Å². The number of carboxylic acid groups (broad SMARTS) is 1. The molecular formula is C19H24FN3O6. The predicted molar refractivity (Wildman–Crippen MR) is 105 cm³/mol. The number of aromatic nitrogens is 1. The number of nitrogens with zero attached hydrogens (tertiary/aromatic N) is 1. The number of benzene rings is 1. The van der Waals surface area contributed by atoms with Crippen LogP contribution in [0.25, 0.3) is 10.9 Å². The van der Waals surface area contributed by atoms with Crippen LogP contribution in [-0.4, -0.2) is 42.5 Å². The molecule has 3 rings (SSSR count). The van der Waals surface area contributed by atoms with E-state index in [4.69, 9.17) is 20.2 Å². The molecule has 1 fully saturated rings. The fourth-order valence-corrected chi connectivity index (χ4v) is 3.21. The largest absolute Gasteiger partial charge is 0.492 e. The number of aromatic carboxylic acids is 1. The van der Waals surface area contributed by atoms with Crippen LogP contribution < -0.4 is 21.2 Å². The maximum Gasteiger partial charge on any atom is 0.341 e. The van der Waals surface area contributed by atoms with Gasteiger partial charge in [-0.25, -0.2) is 19.0 Å². The van der Waals surface area contributed by atoms with Crippen molar-refractivity contribution in [1.29, 1.82) is 0 Å². The van der Waals surface area contributed by atoms with Crippen LogP contribution in [0.1, 0.15) is 42.6 Å². The second kappa shape index (κ2) is 8.66. The zero-order chi connectivity index (χ0) is 21.1. The van der Waals surface area contributed by atoms with Crippen molar-refractivity contribution >= 4 is 28.2 Å². The SMILES string of the molecule is CCOOCCCNc1c(F)c(N)c2c(=O)c(C(=O)O)cn(C3CC3)c2c1OC. The first-order chi connectivity index (χ1) is 13.9. The van der Waals surface area contributed by atoms with Crippen molar-refractivity contribution in [3.8, 4) is 5.75 Å². The van der Waals surface area contributed by atoms with Crippen molar-refractivity contribution < 1.29 is 28.8 Å². The average molecular weight is 409 g/mol. The maximum absolute atomic E-state index is 15.1. The topological polar surface area (TPSA) is 125 Å². The molecular weight excluding hydrogens is 385 g/mol. The summed E-state index contributed by atoms with van der Waals surface area (Å²) in [6.45, 7) is 2.87. The van der Waals surface area contributed by atoms with Gasteiger partial charge in [-0.3, -0.25) is 4.79 Å². The van der Waals surface area contributed by atoms with E-state index >= 15 is 4.39 Å². The molecule has 0 atom stereocenters. The van der Waals surface area contributed by atoms with Gasteiger partial charge in [-0.1, -0.05) is 0 Å². The third-order valence-corrected chi connectivity index (χ3v) is 4.68. The molecule has 0 unspecified atom stereocenters. The monoisotopic (exact) mass is 409 g/mol. The van der Waals surface area contributed by atoms with Crippen LogP contribution in [0.15, 0.2) is 11.0 Å². The second-order valence-corrected chi connectivity index (χ2v) is 6.68. The summed E-state index contributed by atoms with van der Waals surface area (Å²) in [5.41, 5.74) is 4.56. The van der Waals surface area contributed by atoms with E-state index in [1.165, 1.54) is 13.3 Å². The Bertz CT molecular complexity index is 987. The molecule has 0 amide bonds. The molecule has 0 bridgehead atoms. The molecule has 1 aromatic carbocycles. The lowest BCUT2D eigenvalue weighted by Gasteiger charge is -2.20. The minimum Gasteiger partial charge on any atom is -0.492 e. The van der Waals surface area contributed by atoms with E-state index in [0.717, 1.165) is 12.8 Å². The first-order valence-corrected chi connectivity index (χ1v) is 9.37. The third kappa shape index (κ3) is 3.99. The van der Waals surface area contributed by atoms with Gasteiger partial charge in [0.1, 0.15) is 11.3 Å². The average Bonchev–Trinajstić information content (AvgIpc) is 3.53. The summed E-state index contributed by atoms with van der Waals surface area (Å²) in [6, 6.07) is 0.00223. The highest BCUT2D eigenvalue weighted by Crippen LogP contribution is 2.44. The summed E-state index contributed by atoms with van der Waals surface area (Å²) < 4.78 is 22.1. The Morgan fingerprint density at radius 2 is 2.14 bits per heavy atom. The van der Waals surface area contributed by atoms with Crippen LogP contribution in [0.5, 0.6) is 5.75 Å². The Labute approximate surface area is 166 Å². The molecule has 1 heterocycles. The number of carboxylic acids is 1. The van der Waals surface area contributed by atoms with E-state index in [9.17, 15) is 14.7 Å². The molecule has 0 spiro atoms. The molecule has 0 aliphatic heterocycles. The molecule has 1 aliphatic carbocycles. The molecule has 0 saturated heterocycles. The summed E-state index contributed by atoms with van der Waals surface area (Å²) in [5, 5.41) is 12.1. The highest BCUT2D eigenvalue weighted by Gasteiger charge is 2.31. The van der Waals surface area contributed by atoms with Crippen molar-refractivity contribution in [3.63, 3.8) is 0 Å². The molecule has 9 nitrogen and oxygen atoms in total. The molecule has 2 aromatic rings. The standard InChI is InChI=1S/C19H24FN3O6/c1-3-28-29-8-4-7-22-15-13(20)14(21)12-16(18(15)27-2)23(10-5-6-10)9-11(17(12)24)19(25)26/h9-10,22H,3-8,21H2,1-2H3,(H,25,26). The second-order valence-electron chi connectivity index (χ2n) is 6.68. The molecule has 1 aliphatic rings. The van der Waals surface area contributed by atoms with E-state index in [1.54, 1.807) is 11.5 Å². The van der Waals surface area contributed by atoms with Crippen molar-refractivity contribution in [2.75, 3.05) is 37.9 Å². The van der Waals surface area contributed by atoms with Gasteiger partial charge in [0.2, 0.25) is 5.43 Å². The highest BCUT2D eigenvalue weighted by molar-refractivity contribution is 6.03. The minimum atomic E-state index is -1.39. The number of carbonyl (C=O) groups is 1. The highest BCUT2D eigenvalue weighted by atomic mass is 19.1. The summed E-state index contributed by atoms with van der Waals surface area (Å²) in [4.78, 5) is 34.0. The number of hydrogen-bond acceptors (Lipinski definition) is 7. The van der Waals surface area contributed by atoms with Crippen LogP contribution in [0.2, 0.25) is 0 Å². The van der Waals surface area contributed by atoms with Gasteiger partial charge in [0.05, 0.1) is 36.9 Å². The van der Waals surface area contributed by atoms with E-state index in [1.807, 2.05) is 0 Å². The van der Waals surface area contributed by atoms with Gasteiger partial charge in [0, 0.05) is 18.8 Å². The first kappa shape index (κ1) is 20.9. The Kier molecular flexibility index (Phi) is 6.23. The third-order valence-electron chi connectivity index (χ3n) is 4.68. The number of nitrogens with one attached hydrogen (secondary N) is 1. The van der Waals surface area contributed by atoms with E-state index in [2.05, 4.69) is 5.32 Å². The van der Waals surface area contributed by atoms with E-state index in [-0.39, 0.29) is 28.4 Å². The summed E-state index contributed by atoms with van der Waals surface area (Å²) >= 11 is 0. The lowest BCUT2D eigenvalue weighted by Crippen LogP contribution is -2.21. The van der Waals surface area contributed by atoms with Crippen LogP contribution >= 0.6 is 0 Å². The van der Waals surface area contributed by atoms with E-state index in [0.29, 0.717) is 26.2 Å². The normalized spacial score (nSPS) is 13.6. The number of rotatable bonds is 10. The number of hydrogen-bond donors (Lipinski definition) is 3. The quantitative estimate of drug-likeness (QED) is 0.237. The van der Waals surface area contributed by atoms with Crippen molar-refractivity contribution in [1.82, 2.24) is 4.57 Å². The van der Waals surface area contributed by atoms with Crippen molar-refractivity contribution in [3.05, 3.63) is 27.8 Å². The zero-order valence-corrected chi connectivity index (χ0v) is 16.3. The number of fused-ring (bicyclic) bond motifs is 1. The van der Waals surface area contributed by atoms with Crippen LogP contribution in [0, 0.1) is 5.82 Å². The number of pyridine rings is 1. The van der Waals surface area contributed by atoms with Gasteiger partial charge in [0.15, 0.2) is 11.6 Å². The maximum atomic E-state index is 15.1. The van der Waals surface area contributed by atoms with Crippen molar-refractivity contribution in [2.45, 2.75) is 32.2 Å². The summed E-state index contributed by atoms with van der Waals surface area (Å²) in [6.07, 6.45) is 3.43. The Hall–Kier alpha value is -2.85. The van der Waals surface area contributed by atoms with Crippen LogP contribution in [-0.2, 0) is 9.78 Å².